The van der Waals surface area contributed by atoms with E-state index in [1.807, 2.05) is 29.1 Å². The molecule has 1 aromatic carbocycles. The van der Waals surface area contributed by atoms with Gasteiger partial charge in [-0.25, -0.2) is 4.98 Å². The molecule has 1 aliphatic heterocycles. The molecular formula is C29H34N6O5. The molecule has 1 spiro atoms. The van der Waals surface area contributed by atoms with Gasteiger partial charge in [0.05, 0.1) is 43.5 Å². The number of rotatable bonds is 8. The van der Waals surface area contributed by atoms with Crippen molar-refractivity contribution in [3.8, 4) is 16.9 Å². The van der Waals surface area contributed by atoms with E-state index in [4.69, 9.17) is 19.9 Å². The zero-order valence-corrected chi connectivity index (χ0v) is 22.9. The molecule has 2 aliphatic carbocycles. The standard InChI is InChI=1S/C29H34N6O5/c1-28(2)13-20(28)27(37)34-24-12-22(19(15-31-24)26(30)36)33-21-7-4-6-18(25(21)38-3)17-14-32-35(16-17)23-8-5-9-29(23)39-10-11-40-29/h4,6-7,12,14-16,20,23H,5,8-11,13H2,1-3H3,(H2,30,36)(H2,31,33,34,37)/t20-,23-/m1/s1. The Kier molecular flexibility index (Phi) is 6.50. The van der Waals surface area contributed by atoms with E-state index in [1.165, 1.54) is 6.20 Å². The number of hydrogen-bond acceptors (Lipinski definition) is 8. The fraction of sp³-hybridized carbons (Fsp3) is 0.448. The Morgan fingerprint density at radius 2 is 1.95 bits per heavy atom. The summed E-state index contributed by atoms with van der Waals surface area (Å²) in [6.45, 7) is 5.30. The van der Waals surface area contributed by atoms with Crippen molar-refractivity contribution in [3.63, 3.8) is 0 Å². The maximum absolute atomic E-state index is 12.7. The number of methoxy groups -OCH3 is 1. The highest BCUT2D eigenvalue weighted by Crippen LogP contribution is 2.52. The summed E-state index contributed by atoms with van der Waals surface area (Å²) in [7, 11) is 1.59. The van der Waals surface area contributed by atoms with Gasteiger partial charge in [0.2, 0.25) is 5.91 Å². The van der Waals surface area contributed by atoms with Crippen LogP contribution in [0.4, 0.5) is 17.2 Å². The van der Waals surface area contributed by atoms with Crippen LogP contribution in [0.1, 0.15) is 55.9 Å². The average Bonchev–Trinajstić information content (AvgIpc) is 3.41. The lowest BCUT2D eigenvalue weighted by molar-refractivity contribution is -0.177. The van der Waals surface area contributed by atoms with E-state index in [0.29, 0.717) is 36.2 Å². The van der Waals surface area contributed by atoms with Crippen LogP contribution in [0.25, 0.3) is 11.1 Å². The van der Waals surface area contributed by atoms with Crippen molar-refractivity contribution in [2.24, 2.45) is 17.1 Å². The van der Waals surface area contributed by atoms with Crippen molar-refractivity contribution >= 4 is 29.0 Å². The maximum Gasteiger partial charge on any atom is 0.252 e. The van der Waals surface area contributed by atoms with Crippen LogP contribution in [-0.4, -0.2) is 52.7 Å². The molecule has 6 rings (SSSR count). The molecule has 11 nitrogen and oxygen atoms in total. The summed E-state index contributed by atoms with van der Waals surface area (Å²) >= 11 is 0. The number of carbonyl (C=O) groups excluding carboxylic acids is 2. The van der Waals surface area contributed by atoms with Gasteiger partial charge in [0, 0.05) is 41.9 Å². The Bertz CT molecular complexity index is 1460. The van der Waals surface area contributed by atoms with Gasteiger partial charge in [-0.05, 0) is 30.7 Å². The van der Waals surface area contributed by atoms with Crippen LogP contribution in [0.2, 0.25) is 0 Å². The average molecular weight is 547 g/mol. The second kappa shape index (κ2) is 9.90. The number of amides is 2. The lowest BCUT2D eigenvalue weighted by Gasteiger charge is -2.29. The molecule has 0 bridgehead atoms. The van der Waals surface area contributed by atoms with Crippen molar-refractivity contribution in [2.75, 3.05) is 31.0 Å². The van der Waals surface area contributed by atoms with Gasteiger partial charge in [-0.1, -0.05) is 26.0 Å². The predicted molar refractivity (Wildman–Crippen MR) is 148 cm³/mol. The minimum absolute atomic E-state index is 0.000779. The summed E-state index contributed by atoms with van der Waals surface area (Å²) < 4.78 is 19.8. The molecule has 3 aromatic rings. The largest absolute Gasteiger partial charge is 0.494 e. The Balaban J connectivity index is 1.29. The highest BCUT2D eigenvalue weighted by atomic mass is 16.7. The van der Waals surface area contributed by atoms with Crippen molar-refractivity contribution in [1.29, 1.82) is 0 Å². The summed E-state index contributed by atoms with van der Waals surface area (Å²) in [5, 5.41) is 10.8. The van der Waals surface area contributed by atoms with Gasteiger partial charge in [-0.3, -0.25) is 14.3 Å². The van der Waals surface area contributed by atoms with Crippen LogP contribution in [0.3, 0.4) is 0 Å². The Labute approximate surface area is 232 Å². The number of anilines is 3. The molecule has 2 atom stereocenters. The first-order valence-corrected chi connectivity index (χ1v) is 13.6. The van der Waals surface area contributed by atoms with Crippen molar-refractivity contribution in [3.05, 3.63) is 48.4 Å². The Morgan fingerprint density at radius 3 is 2.65 bits per heavy atom. The number of nitrogens with two attached hydrogens (primary N) is 1. The van der Waals surface area contributed by atoms with Crippen molar-refractivity contribution in [2.45, 2.75) is 51.4 Å². The smallest absolute Gasteiger partial charge is 0.252 e. The number of nitrogens with one attached hydrogen (secondary N) is 2. The van der Waals surface area contributed by atoms with Gasteiger partial charge in [-0.2, -0.15) is 5.10 Å². The zero-order chi connectivity index (χ0) is 28.1. The first-order valence-electron chi connectivity index (χ1n) is 13.6. The first kappa shape index (κ1) is 26.3. The monoisotopic (exact) mass is 546 g/mol. The maximum atomic E-state index is 12.7. The van der Waals surface area contributed by atoms with Gasteiger partial charge in [0.25, 0.3) is 5.91 Å². The second-order valence-corrected chi connectivity index (χ2v) is 11.4. The number of nitrogens with zero attached hydrogens (tertiary/aromatic N) is 3. The van der Waals surface area contributed by atoms with Crippen LogP contribution >= 0.6 is 0 Å². The predicted octanol–water partition coefficient (Wildman–Crippen LogP) is 4.25. The summed E-state index contributed by atoms with van der Waals surface area (Å²) in [4.78, 5) is 29.1. The molecule has 2 aromatic heterocycles. The third-order valence-corrected chi connectivity index (χ3v) is 8.26. The van der Waals surface area contributed by atoms with E-state index in [-0.39, 0.29) is 28.8 Å². The number of hydrogen-bond donors (Lipinski definition) is 3. The van der Waals surface area contributed by atoms with Crippen LogP contribution in [0, 0.1) is 11.3 Å². The molecule has 40 heavy (non-hydrogen) atoms. The number of para-hydroxylation sites is 1. The van der Waals surface area contributed by atoms with Gasteiger partial charge < -0.3 is 30.6 Å². The van der Waals surface area contributed by atoms with E-state index in [2.05, 4.69) is 34.6 Å². The fourth-order valence-corrected chi connectivity index (χ4v) is 5.90. The van der Waals surface area contributed by atoms with E-state index in [9.17, 15) is 9.59 Å². The normalized spacial score (nSPS) is 22.3. The Hall–Kier alpha value is -3.96. The molecule has 1 saturated heterocycles. The summed E-state index contributed by atoms with van der Waals surface area (Å²) in [6, 6.07) is 7.29. The lowest BCUT2D eigenvalue weighted by Crippen LogP contribution is -2.36. The molecule has 3 aliphatic rings. The van der Waals surface area contributed by atoms with Gasteiger partial charge in [0.1, 0.15) is 17.6 Å². The van der Waals surface area contributed by atoms with Crippen LogP contribution in [0.5, 0.6) is 5.75 Å². The topological polar surface area (TPSA) is 143 Å². The van der Waals surface area contributed by atoms with Crippen LogP contribution < -0.4 is 21.1 Å². The third kappa shape index (κ3) is 4.69. The van der Waals surface area contributed by atoms with E-state index < -0.39 is 11.7 Å². The number of pyridine rings is 1. The number of benzene rings is 1. The van der Waals surface area contributed by atoms with Crippen LogP contribution in [0.15, 0.2) is 42.9 Å². The van der Waals surface area contributed by atoms with E-state index in [1.54, 1.807) is 19.4 Å². The van der Waals surface area contributed by atoms with Gasteiger partial charge in [-0.15, -0.1) is 0 Å². The van der Waals surface area contributed by atoms with Gasteiger partial charge >= 0.3 is 0 Å². The molecule has 4 N–H and O–H groups in total. The highest BCUT2D eigenvalue weighted by molar-refractivity contribution is 6.01. The van der Waals surface area contributed by atoms with E-state index >= 15 is 0 Å². The fourth-order valence-electron chi connectivity index (χ4n) is 5.90. The quantitative estimate of drug-likeness (QED) is 0.381. The second-order valence-electron chi connectivity index (χ2n) is 11.4. The molecule has 2 amide bonds. The molecule has 3 heterocycles. The summed E-state index contributed by atoms with van der Waals surface area (Å²) in [5.41, 5.74) is 8.52. The zero-order valence-electron chi connectivity index (χ0n) is 22.9. The molecule has 210 valence electrons. The van der Waals surface area contributed by atoms with Crippen molar-refractivity contribution in [1.82, 2.24) is 14.8 Å². The SMILES string of the molecule is COc1c(Nc2cc(NC(=O)[C@H]3CC3(C)C)ncc2C(N)=O)cccc1-c1cnn([C@@H]2CCCC23OCCO3)c1. The summed E-state index contributed by atoms with van der Waals surface area (Å²) in [5.74, 6) is -0.512. The molecule has 3 fully saturated rings. The highest BCUT2D eigenvalue weighted by Gasteiger charge is 2.51. The molecule has 2 saturated carbocycles. The third-order valence-electron chi connectivity index (χ3n) is 8.26. The minimum atomic E-state index is -0.644. The molecular weight excluding hydrogens is 512 g/mol. The van der Waals surface area contributed by atoms with E-state index in [0.717, 1.165) is 36.8 Å². The first-order chi connectivity index (χ1) is 19.2. The Morgan fingerprint density at radius 1 is 1.18 bits per heavy atom. The molecule has 0 unspecified atom stereocenters. The van der Waals surface area contributed by atoms with Gasteiger partial charge in [0.15, 0.2) is 5.79 Å². The molecule has 11 heteroatoms. The summed E-state index contributed by atoms with van der Waals surface area (Å²) in [6.07, 6.45) is 8.77. The van der Waals surface area contributed by atoms with Crippen molar-refractivity contribution < 1.29 is 23.8 Å². The number of aromatic nitrogens is 3. The molecule has 0 radical (unpaired) electrons. The number of ether oxygens (including phenoxy) is 3. The lowest BCUT2D eigenvalue weighted by atomic mass is 10.1. The number of primary amides is 1. The number of carbonyl (C=O) groups is 2. The van der Waals surface area contributed by atoms with Crippen LogP contribution in [-0.2, 0) is 14.3 Å². The minimum Gasteiger partial charge on any atom is -0.494 e.